The van der Waals surface area contributed by atoms with Crippen LogP contribution < -0.4 is 10.6 Å². The zero-order chi connectivity index (χ0) is 20.7. The van der Waals surface area contributed by atoms with Crippen LogP contribution in [-0.4, -0.2) is 35.4 Å². The van der Waals surface area contributed by atoms with Crippen molar-refractivity contribution in [2.24, 2.45) is 11.7 Å². The van der Waals surface area contributed by atoms with Gasteiger partial charge >= 0.3 is 0 Å². The summed E-state index contributed by atoms with van der Waals surface area (Å²) < 4.78 is 0. The highest BCUT2D eigenvalue weighted by Crippen LogP contribution is 2.45. The number of para-hydroxylation sites is 1. The zero-order valence-electron chi connectivity index (χ0n) is 15.6. The molecule has 0 aromatic heterocycles. The van der Waals surface area contributed by atoms with Crippen molar-refractivity contribution in [3.05, 3.63) is 65.2 Å². The van der Waals surface area contributed by atoms with Gasteiger partial charge in [0.2, 0.25) is 11.8 Å². The lowest BCUT2D eigenvalue weighted by atomic mass is 9.90. The number of carbonyl (C=O) groups excluding carboxylic acids is 3. The van der Waals surface area contributed by atoms with Crippen molar-refractivity contribution < 1.29 is 19.2 Å². The van der Waals surface area contributed by atoms with Crippen LogP contribution in [0, 0.1) is 24.2 Å². The Labute approximate surface area is 167 Å². The van der Waals surface area contributed by atoms with Gasteiger partial charge in [-0.25, -0.2) is 4.90 Å². The first-order valence-electron chi connectivity index (χ1n) is 9.07. The number of primary amides is 1. The number of hydrogen-bond acceptors (Lipinski definition) is 6. The van der Waals surface area contributed by atoms with Crippen LogP contribution in [0.25, 0.3) is 0 Å². The second kappa shape index (κ2) is 7.13. The van der Waals surface area contributed by atoms with E-state index in [0.29, 0.717) is 16.8 Å². The Morgan fingerprint density at radius 2 is 1.83 bits per heavy atom. The summed E-state index contributed by atoms with van der Waals surface area (Å²) in [6.07, 6.45) is -1.04. The summed E-state index contributed by atoms with van der Waals surface area (Å²) in [4.78, 5) is 44.8. The molecular weight excluding hydrogens is 372 g/mol. The largest absolute Gasteiger partial charge is 0.368 e. The average Bonchev–Trinajstić information content (AvgIpc) is 3.18. The fourth-order valence-electron chi connectivity index (χ4n) is 3.94. The van der Waals surface area contributed by atoms with E-state index in [1.807, 2.05) is 25.1 Å². The maximum Gasteiger partial charge on any atom is 0.265 e. The predicted octanol–water partition coefficient (Wildman–Crippen LogP) is 1.20. The van der Waals surface area contributed by atoms with Crippen LogP contribution in [0.3, 0.4) is 0 Å². The van der Waals surface area contributed by atoms with Gasteiger partial charge in [0, 0.05) is 0 Å². The molecule has 8 heteroatoms. The van der Waals surface area contributed by atoms with Crippen LogP contribution in [-0.2, 0) is 19.2 Å². The second-order valence-electron chi connectivity index (χ2n) is 7.07. The minimum Gasteiger partial charge on any atom is -0.368 e. The smallest absolute Gasteiger partial charge is 0.265 e. The second-order valence-corrected chi connectivity index (χ2v) is 7.07. The summed E-state index contributed by atoms with van der Waals surface area (Å²) in [7, 11) is 0. The molecule has 146 valence electrons. The normalized spacial score (nSPS) is 23.9. The van der Waals surface area contributed by atoms with Gasteiger partial charge in [0.15, 0.2) is 6.10 Å². The molecule has 3 atom stereocenters. The highest BCUT2D eigenvalue weighted by Gasteiger charge is 2.60. The fraction of sp³-hybridized carbons (Fsp3) is 0.238. The van der Waals surface area contributed by atoms with E-state index >= 15 is 0 Å². The van der Waals surface area contributed by atoms with E-state index in [1.165, 1.54) is 5.06 Å². The quantitative estimate of drug-likeness (QED) is 0.784. The van der Waals surface area contributed by atoms with E-state index in [9.17, 15) is 14.4 Å². The third-order valence-corrected chi connectivity index (χ3v) is 5.24. The molecule has 2 saturated heterocycles. The molecule has 2 aromatic carbocycles. The van der Waals surface area contributed by atoms with Crippen molar-refractivity contribution in [2.75, 3.05) is 11.4 Å². The third-order valence-electron chi connectivity index (χ3n) is 5.24. The van der Waals surface area contributed by atoms with Gasteiger partial charge in [0.25, 0.3) is 5.91 Å². The molecule has 0 bridgehead atoms. The van der Waals surface area contributed by atoms with Gasteiger partial charge in [-0.15, -0.1) is 0 Å². The van der Waals surface area contributed by atoms with Crippen LogP contribution >= 0.6 is 0 Å². The van der Waals surface area contributed by atoms with E-state index in [0.717, 1.165) is 10.5 Å². The molecule has 4 rings (SSSR count). The Morgan fingerprint density at radius 3 is 2.45 bits per heavy atom. The average molecular weight is 390 g/mol. The van der Waals surface area contributed by atoms with Crippen LogP contribution in [0.15, 0.2) is 48.5 Å². The van der Waals surface area contributed by atoms with Crippen LogP contribution in [0.4, 0.5) is 5.69 Å². The number of imide groups is 1. The Kier molecular flexibility index (Phi) is 4.62. The van der Waals surface area contributed by atoms with Crippen molar-refractivity contribution in [1.29, 1.82) is 5.26 Å². The molecule has 2 fully saturated rings. The van der Waals surface area contributed by atoms with Crippen molar-refractivity contribution in [3.63, 3.8) is 0 Å². The number of fused-ring (bicyclic) bond motifs is 1. The van der Waals surface area contributed by atoms with E-state index in [-0.39, 0.29) is 6.54 Å². The molecule has 0 radical (unpaired) electrons. The minimum atomic E-state index is -1.04. The topological polar surface area (TPSA) is 117 Å². The number of nitriles is 1. The standard InChI is InChI=1S/C21H18N4O4/c1-12-4-2-3-5-15(12)25-20(27)17-18(14-8-6-13(10-22)7-9-14)24(11-16(23)26)29-19(17)21(25)28/h2-9,17-19H,11H2,1H3,(H2,23,26). The maximum atomic E-state index is 13.3. The molecule has 0 aliphatic carbocycles. The molecule has 2 N–H and O–H groups in total. The highest BCUT2D eigenvalue weighted by atomic mass is 16.7. The fourth-order valence-corrected chi connectivity index (χ4v) is 3.94. The SMILES string of the molecule is Cc1ccccc1N1C(=O)C2ON(CC(N)=O)C(c3ccc(C#N)cc3)C2C1=O. The Morgan fingerprint density at radius 1 is 1.14 bits per heavy atom. The molecule has 0 saturated carbocycles. The van der Waals surface area contributed by atoms with Gasteiger partial charge in [-0.1, -0.05) is 30.3 Å². The number of nitrogens with two attached hydrogens (primary N) is 1. The molecule has 29 heavy (non-hydrogen) atoms. The highest BCUT2D eigenvalue weighted by molar-refractivity contribution is 6.24. The number of hydrogen-bond donors (Lipinski definition) is 1. The summed E-state index contributed by atoms with van der Waals surface area (Å²) in [6, 6.07) is 15.1. The maximum absolute atomic E-state index is 13.3. The summed E-state index contributed by atoms with van der Waals surface area (Å²) in [5.41, 5.74) is 7.75. The summed E-state index contributed by atoms with van der Waals surface area (Å²) in [5, 5.41) is 10.3. The van der Waals surface area contributed by atoms with Crippen molar-refractivity contribution in [1.82, 2.24) is 5.06 Å². The van der Waals surface area contributed by atoms with E-state index in [4.69, 9.17) is 15.8 Å². The molecule has 3 amide bonds. The number of amides is 3. The molecule has 2 aliphatic rings. The van der Waals surface area contributed by atoms with Crippen LogP contribution in [0.1, 0.15) is 22.7 Å². The zero-order valence-corrected chi connectivity index (χ0v) is 15.6. The summed E-state index contributed by atoms with van der Waals surface area (Å²) in [5.74, 6) is -2.33. The summed E-state index contributed by atoms with van der Waals surface area (Å²) in [6.45, 7) is 1.56. The van der Waals surface area contributed by atoms with E-state index < -0.39 is 35.8 Å². The van der Waals surface area contributed by atoms with Gasteiger partial charge in [-0.2, -0.15) is 10.3 Å². The van der Waals surface area contributed by atoms with Crippen molar-refractivity contribution in [2.45, 2.75) is 19.1 Å². The van der Waals surface area contributed by atoms with E-state index in [1.54, 1.807) is 36.4 Å². The van der Waals surface area contributed by atoms with Crippen molar-refractivity contribution >= 4 is 23.4 Å². The number of anilines is 1. The van der Waals surface area contributed by atoms with Crippen LogP contribution in [0.2, 0.25) is 0 Å². The predicted molar refractivity (Wildman–Crippen MR) is 102 cm³/mol. The monoisotopic (exact) mass is 390 g/mol. The minimum absolute atomic E-state index is 0.261. The third kappa shape index (κ3) is 3.06. The molecular formula is C21H18N4O4. The first-order chi connectivity index (χ1) is 13.9. The lowest BCUT2D eigenvalue weighted by molar-refractivity contribution is -0.175. The van der Waals surface area contributed by atoms with Gasteiger partial charge in [0.05, 0.1) is 29.3 Å². The number of nitrogens with zero attached hydrogens (tertiary/aromatic N) is 3. The number of hydroxylamine groups is 2. The lowest BCUT2D eigenvalue weighted by Gasteiger charge is -2.26. The molecule has 8 nitrogen and oxygen atoms in total. The Balaban J connectivity index is 1.75. The molecule has 0 spiro atoms. The molecule has 2 aromatic rings. The number of carbonyl (C=O) groups is 3. The van der Waals surface area contributed by atoms with E-state index in [2.05, 4.69) is 0 Å². The number of aryl methyl sites for hydroxylation is 1. The summed E-state index contributed by atoms with van der Waals surface area (Å²) >= 11 is 0. The Hall–Kier alpha value is -3.54. The van der Waals surface area contributed by atoms with Crippen LogP contribution in [0.5, 0.6) is 0 Å². The van der Waals surface area contributed by atoms with Gasteiger partial charge < -0.3 is 5.73 Å². The number of rotatable bonds is 4. The number of benzene rings is 2. The molecule has 2 heterocycles. The molecule has 3 unspecified atom stereocenters. The van der Waals surface area contributed by atoms with Gasteiger partial charge in [0.1, 0.15) is 6.54 Å². The first-order valence-corrected chi connectivity index (χ1v) is 9.07. The molecule has 2 aliphatic heterocycles. The van der Waals surface area contributed by atoms with Crippen molar-refractivity contribution in [3.8, 4) is 6.07 Å². The lowest BCUT2D eigenvalue weighted by Crippen LogP contribution is -2.40. The van der Waals surface area contributed by atoms with Gasteiger partial charge in [-0.05, 0) is 36.2 Å². The first kappa shape index (κ1) is 18.8. The van der Waals surface area contributed by atoms with Gasteiger partial charge in [-0.3, -0.25) is 19.2 Å². The Bertz CT molecular complexity index is 1040.